The van der Waals surface area contributed by atoms with Gasteiger partial charge in [-0.15, -0.1) is 0 Å². The number of aromatic nitrogens is 5. The Morgan fingerprint density at radius 3 is 2.35 bits per heavy atom. The molecule has 3 aromatic heterocycles. The maximum atomic E-state index is 6.06. The highest BCUT2D eigenvalue weighted by molar-refractivity contribution is 9.10. The monoisotopic (exact) mass is 419 g/mol. The third kappa shape index (κ3) is 4.30. The minimum Gasteiger partial charge on any atom is -0.471 e. The molecule has 138 valence electrons. The molecule has 0 aromatic carbocycles. The van der Waals surface area contributed by atoms with Crippen molar-refractivity contribution in [2.24, 2.45) is 0 Å². The van der Waals surface area contributed by atoms with Crippen LogP contribution in [0.5, 0.6) is 11.9 Å². The van der Waals surface area contributed by atoms with Crippen molar-refractivity contribution >= 4 is 21.6 Å². The lowest BCUT2D eigenvalue weighted by Crippen LogP contribution is -2.26. The molecule has 7 nitrogen and oxygen atoms in total. The molecule has 0 fully saturated rings. The van der Waals surface area contributed by atoms with E-state index in [0.717, 1.165) is 10.1 Å². The van der Waals surface area contributed by atoms with Gasteiger partial charge in [-0.25, -0.2) is 14.5 Å². The van der Waals surface area contributed by atoms with Crippen molar-refractivity contribution in [3.8, 4) is 23.1 Å². The Hall–Kier alpha value is -2.22. The van der Waals surface area contributed by atoms with Gasteiger partial charge in [-0.3, -0.25) is 0 Å². The van der Waals surface area contributed by atoms with Crippen molar-refractivity contribution in [1.82, 2.24) is 24.6 Å². The van der Waals surface area contributed by atoms with Gasteiger partial charge < -0.3 is 9.47 Å². The third-order valence-electron chi connectivity index (χ3n) is 3.12. The Kier molecular flexibility index (Phi) is 4.64. The van der Waals surface area contributed by atoms with Crippen molar-refractivity contribution in [3.63, 3.8) is 0 Å². The SMILES string of the molecule is CC(C)(C)Oc1ncc(-c2cc(Br)c3nccn3n2)c(OC(C)(C)C)n1. The number of rotatable bonds is 3. The van der Waals surface area contributed by atoms with Crippen molar-refractivity contribution in [1.29, 1.82) is 0 Å². The molecule has 26 heavy (non-hydrogen) atoms. The largest absolute Gasteiger partial charge is 0.471 e. The number of hydrogen-bond donors (Lipinski definition) is 0. The van der Waals surface area contributed by atoms with E-state index >= 15 is 0 Å². The van der Waals surface area contributed by atoms with Gasteiger partial charge in [0.25, 0.3) is 0 Å². The molecule has 0 amide bonds. The van der Waals surface area contributed by atoms with Crippen molar-refractivity contribution in [3.05, 3.63) is 29.1 Å². The zero-order valence-corrected chi connectivity index (χ0v) is 17.3. The van der Waals surface area contributed by atoms with Gasteiger partial charge in [-0.1, -0.05) is 0 Å². The van der Waals surface area contributed by atoms with Gasteiger partial charge in [0.1, 0.15) is 11.2 Å². The van der Waals surface area contributed by atoms with Crippen LogP contribution in [0.4, 0.5) is 0 Å². The van der Waals surface area contributed by atoms with Crippen molar-refractivity contribution in [2.45, 2.75) is 52.7 Å². The minimum atomic E-state index is -0.432. The second-order valence-electron chi connectivity index (χ2n) is 7.87. The standard InChI is InChI=1S/C18H22BrN5O2/c1-17(2,3)25-15-11(10-21-16(22-15)26-18(4,5)6)13-9-12(19)14-20-7-8-24(14)23-13/h7-10H,1-6H3. The molecule has 0 saturated heterocycles. The Bertz CT molecular complexity index is 941. The maximum Gasteiger partial charge on any atom is 0.320 e. The van der Waals surface area contributed by atoms with Crippen molar-refractivity contribution in [2.75, 3.05) is 0 Å². The summed E-state index contributed by atoms with van der Waals surface area (Å²) in [6, 6.07) is 2.14. The number of ether oxygens (including phenoxy) is 2. The quantitative estimate of drug-likeness (QED) is 0.629. The molecule has 3 aromatic rings. The smallest absolute Gasteiger partial charge is 0.320 e. The molecule has 0 bridgehead atoms. The van der Waals surface area contributed by atoms with E-state index in [-0.39, 0.29) is 6.01 Å². The fourth-order valence-electron chi connectivity index (χ4n) is 2.23. The molecule has 3 heterocycles. The van der Waals surface area contributed by atoms with E-state index in [1.54, 1.807) is 23.1 Å². The van der Waals surface area contributed by atoms with E-state index in [1.165, 1.54) is 0 Å². The average Bonchev–Trinajstić information content (AvgIpc) is 2.93. The van der Waals surface area contributed by atoms with E-state index in [0.29, 0.717) is 17.1 Å². The Morgan fingerprint density at radius 2 is 1.69 bits per heavy atom. The highest BCUT2D eigenvalue weighted by atomic mass is 79.9. The van der Waals surface area contributed by atoms with Crippen LogP contribution < -0.4 is 9.47 Å². The van der Waals surface area contributed by atoms with E-state index in [9.17, 15) is 0 Å². The second-order valence-corrected chi connectivity index (χ2v) is 8.73. The van der Waals surface area contributed by atoms with Crippen LogP contribution in [0.25, 0.3) is 16.9 Å². The Labute approximate surface area is 160 Å². The molecule has 8 heteroatoms. The number of imidazole rings is 1. The Balaban J connectivity index is 2.11. The van der Waals surface area contributed by atoms with E-state index in [4.69, 9.17) is 9.47 Å². The predicted molar refractivity (Wildman–Crippen MR) is 102 cm³/mol. The molecule has 0 spiro atoms. The first-order valence-electron chi connectivity index (χ1n) is 8.27. The first-order valence-corrected chi connectivity index (χ1v) is 9.06. The third-order valence-corrected chi connectivity index (χ3v) is 3.71. The number of nitrogens with zero attached hydrogens (tertiary/aromatic N) is 5. The molecule has 0 aliphatic carbocycles. The van der Waals surface area contributed by atoms with Gasteiger partial charge in [0.15, 0.2) is 5.65 Å². The van der Waals surface area contributed by atoms with E-state index in [1.807, 2.05) is 47.6 Å². The summed E-state index contributed by atoms with van der Waals surface area (Å²) >= 11 is 3.53. The van der Waals surface area contributed by atoms with Crippen LogP contribution >= 0.6 is 15.9 Å². The molecule has 0 atom stereocenters. The summed E-state index contributed by atoms with van der Waals surface area (Å²) < 4.78 is 14.4. The summed E-state index contributed by atoms with van der Waals surface area (Å²) in [6.07, 6.45) is 5.15. The maximum absolute atomic E-state index is 6.06. The zero-order chi connectivity index (χ0) is 19.1. The summed E-state index contributed by atoms with van der Waals surface area (Å²) in [6.45, 7) is 11.7. The fourth-order valence-corrected chi connectivity index (χ4v) is 2.73. The second kappa shape index (κ2) is 6.50. The number of hydrogen-bond acceptors (Lipinski definition) is 6. The first kappa shape index (κ1) is 18.6. The van der Waals surface area contributed by atoms with Crippen LogP contribution in [0.1, 0.15) is 41.5 Å². The van der Waals surface area contributed by atoms with E-state index < -0.39 is 11.2 Å². The van der Waals surface area contributed by atoms with Gasteiger partial charge in [0.05, 0.1) is 15.7 Å². The zero-order valence-electron chi connectivity index (χ0n) is 15.7. The molecular formula is C18H22BrN5O2. The van der Waals surface area contributed by atoms with Gasteiger partial charge in [0, 0.05) is 18.6 Å². The molecule has 0 unspecified atom stereocenters. The Morgan fingerprint density at radius 1 is 1.00 bits per heavy atom. The molecular weight excluding hydrogens is 398 g/mol. The molecule has 0 N–H and O–H groups in total. The molecule has 0 aliphatic rings. The lowest BCUT2D eigenvalue weighted by Gasteiger charge is -2.24. The molecule has 3 rings (SSSR count). The van der Waals surface area contributed by atoms with Gasteiger partial charge in [0.2, 0.25) is 5.88 Å². The van der Waals surface area contributed by atoms with Crippen LogP contribution in [0.3, 0.4) is 0 Å². The van der Waals surface area contributed by atoms with Gasteiger partial charge in [-0.05, 0) is 63.5 Å². The molecule has 0 aliphatic heterocycles. The van der Waals surface area contributed by atoms with Crippen LogP contribution in [0.2, 0.25) is 0 Å². The minimum absolute atomic E-state index is 0.267. The normalized spacial score (nSPS) is 12.4. The van der Waals surface area contributed by atoms with E-state index in [2.05, 4.69) is 36.0 Å². The topological polar surface area (TPSA) is 74.4 Å². The van der Waals surface area contributed by atoms with Crippen LogP contribution in [-0.4, -0.2) is 35.8 Å². The highest BCUT2D eigenvalue weighted by Gasteiger charge is 2.22. The predicted octanol–water partition coefficient (Wildman–Crippen LogP) is 4.30. The van der Waals surface area contributed by atoms with Crippen LogP contribution in [0, 0.1) is 0 Å². The number of fused-ring (bicyclic) bond motifs is 1. The fraction of sp³-hybridized carbons (Fsp3) is 0.444. The van der Waals surface area contributed by atoms with Gasteiger partial charge >= 0.3 is 6.01 Å². The summed E-state index contributed by atoms with van der Waals surface area (Å²) in [5, 5.41) is 4.58. The van der Waals surface area contributed by atoms with Crippen LogP contribution in [-0.2, 0) is 0 Å². The lowest BCUT2D eigenvalue weighted by molar-refractivity contribution is 0.103. The first-order chi connectivity index (χ1) is 12.0. The number of halogens is 1. The summed E-state index contributed by atoms with van der Waals surface area (Å²) in [4.78, 5) is 13.1. The summed E-state index contributed by atoms with van der Waals surface area (Å²) in [5.74, 6) is 0.422. The lowest BCUT2D eigenvalue weighted by atomic mass is 10.1. The van der Waals surface area contributed by atoms with Gasteiger partial charge in [-0.2, -0.15) is 10.1 Å². The summed E-state index contributed by atoms with van der Waals surface area (Å²) in [5.41, 5.74) is 1.25. The highest BCUT2D eigenvalue weighted by Crippen LogP contribution is 2.32. The molecule has 0 saturated carbocycles. The average molecular weight is 420 g/mol. The molecule has 0 radical (unpaired) electrons. The summed E-state index contributed by atoms with van der Waals surface area (Å²) in [7, 11) is 0. The van der Waals surface area contributed by atoms with Crippen molar-refractivity contribution < 1.29 is 9.47 Å². The van der Waals surface area contributed by atoms with Crippen LogP contribution in [0.15, 0.2) is 29.1 Å².